The number of nitro groups is 1. The fourth-order valence-electron chi connectivity index (χ4n) is 2.73. The first-order chi connectivity index (χ1) is 14.5. The van der Waals surface area contributed by atoms with Crippen LogP contribution in [0.5, 0.6) is 11.5 Å². The van der Waals surface area contributed by atoms with E-state index in [-0.39, 0.29) is 35.7 Å². The lowest BCUT2D eigenvalue weighted by Gasteiger charge is -2.26. The van der Waals surface area contributed by atoms with Crippen molar-refractivity contribution in [2.45, 2.75) is 26.4 Å². The van der Waals surface area contributed by atoms with Gasteiger partial charge >= 0.3 is 10.1 Å². The quantitative estimate of drug-likeness (QED) is 0.250. The predicted molar refractivity (Wildman–Crippen MR) is 116 cm³/mol. The van der Waals surface area contributed by atoms with Crippen molar-refractivity contribution in [2.24, 2.45) is 0 Å². The molecule has 9 nitrogen and oxygen atoms in total. The van der Waals surface area contributed by atoms with E-state index in [0.717, 1.165) is 6.26 Å². The van der Waals surface area contributed by atoms with E-state index in [2.05, 4.69) is 0 Å². The Hall–Kier alpha value is -3.40. The van der Waals surface area contributed by atoms with Crippen molar-refractivity contribution in [3.63, 3.8) is 0 Å². The minimum atomic E-state index is -3.75. The van der Waals surface area contributed by atoms with Gasteiger partial charge in [-0.3, -0.25) is 14.9 Å². The molecule has 10 heteroatoms. The van der Waals surface area contributed by atoms with Crippen LogP contribution in [-0.2, 0) is 21.5 Å². The van der Waals surface area contributed by atoms with E-state index in [4.69, 9.17) is 8.92 Å². The average molecular weight is 448 g/mol. The monoisotopic (exact) mass is 448 g/mol. The van der Waals surface area contributed by atoms with Crippen LogP contribution in [0.3, 0.4) is 0 Å². The molecular weight excluding hydrogens is 424 g/mol. The maximum absolute atomic E-state index is 12.8. The zero-order valence-electron chi connectivity index (χ0n) is 17.6. The molecular formula is C21H24N2O7S. The molecule has 0 aromatic heterocycles. The van der Waals surface area contributed by atoms with Crippen molar-refractivity contribution in [3.05, 3.63) is 69.8 Å². The summed E-state index contributed by atoms with van der Waals surface area (Å²) in [6, 6.07) is 10.5. The summed E-state index contributed by atoms with van der Waals surface area (Å²) in [4.78, 5) is 24.6. The molecule has 0 fully saturated rings. The topological polar surface area (TPSA) is 116 Å². The highest BCUT2D eigenvalue weighted by molar-refractivity contribution is 7.86. The Labute approximate surface area is 181 Å². The molecule has 0 atom stereocenters. The average Bonchev–Trinajstić information content (AvgIpc) is 2.69. The molecule has 1 amide bonds. The van der Waals surface area contributed by atoms with E-state index in [9.17, 15) is 23.3 Å². The summed E-state index contributed by atoms with van der Waals surface area (Å²) in [5.74, 6) is 0.0319. The summed E-state index contributed by atoms with van der Waals surface area (Å²) in [5.41, 5.74) is 1.28. The third kappa shape index (κ3) is 7.10. The van der Waals surface area contributed by atoms with Crippen molar-refractivity contribution in [2.75, 3.05) is 13.4 Å². The molecule has 0 unspecified atom stereocenters. The minimum Gasteiger partial charge on any atom is -0.493 e. The number of hydrogen-bond acceptors (Lipinski definition) is 7. The van der Waals surface area contributed by atoms with E-state index in [1.165, 1.54) is 31.4 Å². The van der Waals surface area contributed by atoms with Crippen LogP contribution in [0.1, 0.15) is 25.0 Å². The molecule has 2 aromatic rings. The van der Waals surface area contributed by atoms with Crippen molar-refractivity contribution < 1.29 is 27.1 Å². The number of methoxy groups -OCH3 is 1. The van der Waals surface area contributed by atoms with Gasteiger partial charge in [-0.05, 0) is 55.3 Å². The Balaban J connectivity index is 2.21. The molecule has 0 saturated heterocycles. The minimum absolute atomic E-state index is 0.0288. The number of benzene rings is 2. The molecule has 2 rings (SSSR count). The highest BCUT2D eigenvalue weighted by Gasteiger charge is 2.18. The highest BCUT2D eigenvalue weighted by Crippen LogP contribution is 2.30. The van der Waals surface area contributed by atoms with E-state index < -0.39 is 15.0 Å². The molecule has 2 aromatic carbocycles. The lowest BCUT2D eigenvalue weighted by atomic mass is 10.1. The number of hydrogen-bond donors (Lipinski definition) is 0. The molecule has 0 aliphatic rings. The van der Waals surface area contributed by atoms with Crippen LogP contribution in [0, 0.1) is 10.1 Å². The molecule has 0 saturated carbocycles. The number of carbonyl (C=O) groups excluding carboxylic acids is 1. The van der Waals surface area contributed by atoms with Gasteiger partial charge in [0.1, 0.15) is 0 Å². The van der Waals surface area contributed by atoms with E-state index >= 15 is 0 Å². The van der Waals surface area contributed by atoms with Crippen LogP contribution < -0.4 is 8.92 Å². The largest absolute Gasteiger partial charge is 0.493 e. The van der Waals surface area contributed by atoms with Crippen LogP contribution in [0.2, 0.25) is 0 Å². The summed E-state index contributed by atoms with van der Waals surface area (Å²) in [7, 11) is -2.35. The Morgan fingerprint density at radius 2 is 1.81 bits per heavy atom. The number of nitro benzene ring substituents is 1. The molecule has 0 bridgehead atoms. The van der Waals surface area contributed by atoms with Crippen molar-refractivity contribution >= 4 is 27.8 Å². The van der Waals surface area contributed by atoms with Crippen molar-refractivity contribution in [1.82, 2.24) is 4.90 Å². The maximum Gasteiger partial charge on any atom is 0.306 e. The third-order valence-electron chi connectivity index (χ3n) is 4.25. The fourth-order valence-corrected chi connectivity index (χ4v) is 3.19. The molecule has 0 aliphatic heterocycles. The predicted octanol–water partition coefficient (Wildman–Crippen LogP) is 3.39. The van der Waals surface area contributed by atoms with Gasteiger partial charge in [0.15, 0.2) is 11.5 Å². The molecule has 0 spiro atoms. The number of amides is 1. The smallest absolute Gasteiger partial charge is 0.306 e. The molecule has 0 aliphatic carbocycles. The third-order valence-corrected chi connectivity index (χ3v) is 4.73. The van der Waals surface area contributed by atoms with Gasteiger partial charge in [0.2, 0.25) is 5.91 Å². The number of carbonyl (C=O) groups is 1. The zero-order valence-corrected chi connectivity index (χ0v) is 18.5. The van der Waals surface area contributed by atoms with Crippen molar-refractivity contribution in [1.29, 1.82) is 0 Å². The Morgan fingerprint density at radius 1 is 1.16 bits per heavy atom. The lowest BCUT2D eigenvalue weighted by Crippen LogP contribution is -2.35. The normalized spacial score (nSPS) is 11.5. The summed E-state index contributed by atoms with van der Waals surface area (Å²) < 4.78 is 33.1. The van der Waals surface area contributed by atoms with Gasteiger partial charge in [0.05, 0.1) is 18.3 Å². The molecule has 166 valence electrons. The first kappa shape index (κ1) is 23.9. The van der Waals surface area contributed by atoms with E-state index in [1.54, 1.807) is 35.2 Å². The summed E-state index contributed by atoms with van der Waals surface area (Å²) >= 11 is 0. The van der Waals surface area contributed by atoms with E-state index in [1.807, 2.05) is 13.8 Å². The summed E-state index contributed by atoms with van der Waals surface area (Å²) in [5, 5.41) is 10.7. The molecule has 31 heavy (non-hydrogen) atoms. The van der Waals surface area contributed by atoms with Gasteiger partial charge in [-0.15, -0.1) is 0 Å². The van der Waals surface area contributed by atoms with Gasteiger partial charge in [-0.25, -0.2) is 0 Å². The van der Waals surface area contributed by atoms with Gasteiger partial charge in [-0.1, -0.05) is 6.07 Å². The number of ether oxygens (including phenoxy) is 1. The maximum atomic E-state index is 12.8. The van der Waals surface area contributed by atoms with Crippen LogP contribution in [0.4, 0.5) is 5.69 Å². The van der Waals surface area contributed by atoms with Crippen LogP contribution in [-0.4, -0.2) is 43.6 Å². The van der Waals surface area contributed by atoms with Crippen LogP contribution in [0.25, 0.3) is 6.08 Å². The summed E-state index contributed by atoms with van der Waals surface area (Å²) in [6.07, 6.45) is 3.90. The fraction of sp³-hybridized carbons (Fsp3) is 0.286. The van der Waals surface area contributed by atoms with Crippen LogP contribution in [0.15, 0.2) is 48.5 Å². The lowest BCUT2D eigenvalue weighted by molar-refractivity contribution is -0.384. The van der Waals surface area contributed by atoms with Crippen LogP contribution >= 0.6 is 0 Å². The Morgan fingerprint density at radius 3 is 2.32 bits per heavy atom. The second-order valence-electron chi connectivity index (χ2n) is 7.01. The van der Waals surface area contributed by atoms with Gasteiger partial charge in [0, 0.05) is 30.8 Å². The number of nitrogens with zero attached hydrogens (tertiary/aromatic N) is 2. The van der Waals surface area contributed by atoms with Gasteiger partial charge in [0.25, 0.3) is 5.69 Å². The summed E-state index contributed by atoms with van der Waals surface area (Å²) in [6.45, 7) is 3.93. The highest BCUT2D eigenvalue weighted by atomic mass is 32.2. The van der Waals surface area contributed by atoms with E-state index in [0.29, 0.717) is 11.1 Å². The Bertz CT molecular complexity index is 1080. The first-order valence-electron chi connectivity index (χ1n) is 9.29. The number of non-ortho nitro benzene ring substituents is 1. The standard InChI is InChI=1S/C21H24N2O7S/c1-15(2)22(21(24)12-8-16-5-9-18(10-6-16)23(25)26)14-17-7-11-19(29-3)20(13-17)30-31(4,27)28/h5-13,15H,14H2,1-4H3/b12-8+. The molecule has 0 N–H and O–H groups in total. The van der Waals surface area contributed by atoms with Crippen molar-refractivity contribution in [3.8, 4) is 11.5 Å². The zero-order chi connectivity index (χ0) is 23.2. The SMILES string of the molecule is COc1ccc(CN(C(=O)/C=C/c2ccc([N+](=O)[O-])cc2)C(C)C)cc1OS(C)(=O)=O. The second-order valence-corrected chi connectivity index (χ2v) is 8.59. The Kier molecular flexibility index (Phi) is 7.76. The molecule has 0 radical (unpaired) electrons. The number of rotatable bonds is 9. The molecule has 0 heterocycles. The first-order valence-corrected chi connectivity index (χ1v) is 11.1. The second kappa shape index (κ2) is 10.1. The van der Waals surface area contributed by atoms with Gasteiger partial charge in [-0.2, -0.15) is 8.42 Å². The van der Waals surface area contributed by atoms with Gasteiger partial charge < -0.3 is 13.8 Å².